The molecule has 6 nitrogen and oxygen atoms in total. The monoisotopic (exact) mass is 477 g/mol. The first kappa shape index (κ1) is 21.4. The molecule has 3 rings (SSSR count). The van der Waals surface area contributed by atoms with Crippen LogP contribution in [0.4, 0.5) is 0 Å². The van der Waals surface area contributed by atoms with Crippen molar-refractivity contribution in [3.05, 3.63) is 53.7 Å². The number of thiophene rings is 1. The Labute approximate surface area is 185 Å². The lowest BCUT2D eigenvalue weighted by atomic mass is 9.88. The highest BCUT2D eigenvalue weighted by molar-refractivity contribution is 7.18. The Morgan fingerprint density at radius 3 is 2.54 bits per heavy atom. The van der Waals surface area contributed by atoms with E-state index in [0.717, 1.165) is 16.9 Å². The Bertz CT molecular complexity index is 1030. The minimum absolute atomic E-state index is 0.166. The van der Waals surface area contributed by atoms with Crippen molar-refractivity contribution in [2.75, 3.05) is 6.54 Å². The van der Waals surface area contributed by atoms with Gasteiger partial charge in [-0.05, 0) is 36.2 Å². The van der Waals surface area contributed by atoms with Crippen molar-refractivity contribution >= 4 is 63.6 Å². The molecule has 148 valence electrons. The number of hydrogen-bond acceptors (Lipinski definition) is 5. The molecular weight excluding hydrogens is 464 g/mol. The summed E-state index contributed by atoms with van der Waals surface area (Å²) in [5, 5.41) is 8.99. The van der Waals surface area contributed by atoms with Crippen molar-refractivity contribution < 1.29 is 4.79 Å². The number of nitrogens with two attached hydrogens (primary N) is 2. The summed E-state index contributed by atoms with van der Waals surface area (Å²) in [5.74, 6) is -0.897. The van der Waals surface area contributed by atoms with Crippen molar-refractivity contribution in [2.45, 2.75) is 12.3 Å². The third-order valence-electron chi connectivity index (χ3n) is 4.32. The van der Waals surface area contributed by atoms with Gasteiger partial charge in [-0.1, -0.05) is 57.7 Å². The second-order valence-electron chi connectivity index (χ2n) is 6.08. The summed E-state index contributed by atoms with van der Waals surface area (Å²) in [4.78, 5) is 12.4. The highest BCUT2D eigenvalue weighted by Crippen LogP contribution is 2.46. The van der Waals surface area contributed by atoms with E-state index < -0.39 is 5.91 Å². The van der Waals surface area contributed by atoms with E-state index in [2.05, 4.69) is 10.3 Å². The van der Waals surface area contributed by atoms with Gasteiger partial charge >= 0.3 is 0 Å². The number of aryl methyl sites for hydroxylation is 1. The summed E-state index contributed by atoms with van der Waals surface area (Å²) >= 11 is 26.1. The van der Waals surface area contributed by atoms with Crippen LogP contribution < -0.4 is 11.5 Å². The van der Waals surface area contributed by atoms with Gasteiger partial charge in [0.1, 0.15) is 10.0 Å². The van der Waals surface area contributed by atoms with Crippen LogP contribution in [0.1, 0.15) is 26.7 Å². The number of nitrogens with zero attached hydrogens (tertiary/aromatic N) is 3. The van der Waals surface area contributed by atoms with E-state index in [0.29, 0.717) is 42.5 Å². The van der Waals surface area contributed by atoms with E-state index in [1.54, 1.807) is 19.2 Å². The highest BCUT2D eigenvalue weighted by Gasteiger charge is 2.30. The Hall–Kier alpha value is -1.35. The molecule has 0 saturated heterocycles. The van der Waals surface area contributed by atoms with Gasteiger partial charge in [-0.15, -0.1) is 16.4 Å². The van der Waals surface area contributed by atoms with Gasteiger partial charge in [-0.25, -0.2) is 4.68 Å². The maximum atomic E-state index is 12.1. The Balaban J connectivity index is 2.19. The zero-order valence-electron chi connectivity index (χ0n) is 14.5. The van der Waals surface area contributed by atoms with Gasteiger partial charge in [-0.3, -0.25) is 4.79 Å². The first-order valence-corrected chi connectivity index (χ1v) is 10.4. The molecule has 2 aromatic heterocycles. The van der Waals surface area contributed by atoms with Crippen molar-refractivity contribution in [3.63, 3.8) is 0 Å². The minimum atomic E-state index is -0.597. The average Bonchev–Trinajstić information content (AvgIpc) is 3.13. The summed E-state index contributed by atoms with van der Waals surface area (Å²) in [6, 6.07) is 5.22. The maximum Gasteiger partial charge on any atom is 0.259 e. The normalized spacial score (nSPS) is 12.4. The van der Waals surface area contributed by atoms with Crippen molar-refractivity contribution in [1.29, 1.82) is 0 Å². The van der Waals surface area contributed by atoms with Crippen LogP contribution in [0.3, 0.4) is 0 Å². The van der Waals surface area contributed by atoms with Crippen LogP contribution in [-0.4, -0.2) is 27.4 Å². The molecule has 4 N–H and O–H groups in total. The van der Waals surface area contributed by atoms with Gasteiger partial charge in [0.05, 0.1) is 4.88 Å². The number of carbonyl (C=O) groups excluding carboxylic acids is 1. The van der Waals surface area contributed by atoms with Crippen molar-refractivity contribution in [2.24, 2.45) is 18.5 Å². The molecule has 0 unspecified atom stereocenters. The maximum absolute atomic E-state index is 12.1. The molecule has 0 aliphatic rings. The lowest BCUT2D eigenvalue weighted by Crippen LogP contribution is -2.20. The predicted molar refractivity (Wildman–Crippen MR) is 115 cm³/mol. The molecule has 1 aromatic carbocycles. The van der Waals surface area contributed by atoms with Crippen molar-refractivity contribution in [1.82, 2.24) is 15.0 Å². The standard InChI is InChI=1S/C17H15Cl4N5OS/c1-26-13(15(20)24-25-26)12-11(14(17(23)27)28-16(12)21)8(6-22)4-7-2-3-9(18)5-10(7)19/h2-3,5,8H,4,6,22H2,1H3,(H2,23,27)/t8-/m1/s1. The molecule has 28 heavy (non-hydrogen) atoms. The molecule has 1 amide bonds. The van der Waals surface area contributed by atoms with Gasteiger partial charge < -0.3 is 11.5 Å². The fourth-order valence-corrected chi connectivity index (χ4v) is 5.19. The second kappa shape index (κ2) is 8.57. The molecule has 2 heterocycles. The van der Waals surface area contributed by atoms with E-state index >= 15 is 0 Å². The van der Waals surface area contributed by atoms with Gasteiger partial charge in [0, 0.05) is 28.6 Å². The van der Waals surface area contributed by atoms with Crippen LogP contribution in [0.2, 0.25) is 19.5 Å². The number of halogens is 4. The Morgan fingerprint density at radius 2 is 2.00 bits per heavy atom. The largest absolute Gasteiger partial charge is 0.365 e. The van der Waals surface area contributed by atoms with Gasteiger partial charge in [0.2, 0.25) is 0 Å². The third kappa shape index (κ3) is 4.01. The summed E-state index contributed by atoms with van der Waals surface area (Å²) in [6.45, 7) is 0.224. The number of rotatable bonds is 6. The van der Waals surface area contributed by atoms with Crippen LogP contribution in [-0.2, 0) is 13.5 Å². The number of benzene rings is 1. The first-order valence-electron chi connectivity index (χ1n) is 8.06. The van der Waals surface area contributed by atoms with Crippen LogP contribution in [0, 0.1) is 0 Å². The van der Waals surface area contributed by atoms with E-state index in [1.807, 2.05) is 6.07 Å². The number of hydrogen-bond donors (Lipinski definition) is 2. The van der Waals surface area contributed by atoms with E-state index in [1.165, 1.54) is 4.68 Å². The number of aromatic nitrogens is 3. The molecule has 0 aliphatic carbocycles. The van der Waals surface area contributed by atoms with Crippen LogP contribution in [0.5, 0.6) is 0 Å². The van der Waals surface area contributed by atoms with Crippen LogP contribution >= 0.6 is 57.7 Å². The third-order valence-corrected chi connectivity index (χ3v) is 6.59. The summed E-state index contributed by atoms with van der Waals surface area (Å²) < 4.78 is 1.85. The second-order valence-corrected chi connectivity index (χ2v) is 8.91. The van der Waals surface area contributed by atoms with Crippen LogP contribution in [0.15, 0.2) is 18.2 Å². The smallest absolute Gasteiger partial charge is 0.259 e. The molecule has 3 aromatic rings. The molecule has 0 radical (unpaired) electrons. The van der Waals surface area contributed by atoms with E-state index in [4.69, 9.17) is 57.9 Å². The zero-order valence-corrected chi connectivity index (χ0v) is 18.4. The van der Waals surface area contributed by atoms with Crippen LogP contribution in [0.25, 0.3) is 11.3 Å². The molecule has 1 atom stereocenters. The highest BCUT2D eigenvalue weighted by atomic mass is 35.5. The van der Waals surface area contributed by atoms with Crippen molar-refractivity contribution in [3.8, 4) is 11.3 Å². The summed E-state index contributed by atoms with van der Waals surface area (Å²) in [5.41, 5.74) is 14.2. The molecule has 11 heteroatoms. The molecule has 0 saturated carbocycles. The summed E-state index contributed by atoms with van der Waals surface area (Å²) in [6.07, 6.45) is 0.454. The summed E-state index contributed by atoms with van der Waals surface area (Å²) in [7, 11) is 1.68. The number of amides is 1. The molecule has 0 fully saturated rings. The Kier molecular flexibility index (Phi) is 6.54. The lowest BCUT2D eigenvalue weighted by Gasteiger charge is -2.19. The SMILES string of the molecule is Cn1nnc(Cl)c1-c1c(Cl)sc(C(N)=O)c1[C@@H](CN)Cc1ccc(Cl)cc1Cl. The topological polar surface area (TPSA) is 99.8 Å². The molecule has 0 bridgehead atoms. The molecule has 0 aliphatic heterocycles. The number of primary amides is 1. The van der Waals surface area contributed by atoms with Gasteiger partial charge in [-0.2, -0.15) is 0 Å². The van der Waals surface area contributed by atoms with E-state index in [-0.39, 0.29) is 17.6 Å². The van der Waals surface area contributed by atoms with E-state index in [9.17, 15) is 4.79 Å². The number of carbonyl (C=O) groups is 1. The lowest BCUT2D eigenvalue weighted by molar-refractivity contribution is 0.100. The minimum Gasteiger partial charge on any atom is -0.365 e. The predicted octanol–water partition coefficient (Wildman–Crippen LogP) is 4.54. The van der Waals surface area contributed by atoms with Gasteiger partial charge in [0.25, 0.3) is 5.91 Å². The average molecular weight is 479 g/mol. The fourth-order valence-electron chi connectivity index (χ4n) is 3.06. The molecule has 0 spiro atoms. The first-order chi connectivity index (χ1) is 13.2. The fraction of sp³-hybridized carbons (Fsp3) is 0.235. The quantitative estimate of drug-likeness (QED) is 0.542. The Morgan fingerprint density at radius 1 is 1.29 bits per heavy atom. The zero-order chi connectivity index (χ0) is 20.6. The van der Waals surface area contributed by atoms with Gasteiger partial charge in [0.15, 0.2) is 5.15 Å². The molecular formula is C17H15Cl4N5OS.